The summed E-state index contributed by atoms with van der Waals surface area (Å²) in [6.07, 6.45) is 5.32. The fraction of sp³-hybridized carbons (Fsp3) is 0.381. The Morgan fingerprint density at radius 3 is 3.03 bits per heavy atom. The summed E-state index contributed by atoms with van der Waals surface area (Å²) in [5.41, 5.74) is 2.22. The van der Waals surface area contributed by atoms with Crippen LogP contribution in [0.15, 0.2) is 46.0 Å². The van der Waals surface area contributed by atoms with Gasteiger partial charge in [0.05, 0.1) is 23.6 Å². The number of fused-ring (bicyclic) bond motifs is 1. The minimum atomic E-state index is 0.146. The van der Waals surface area contributed by atoms with E-state index in [1.807, 2.05) is 28.5 Å². The number of furan rings is 1. The lowest BCUT2D eigenvalue weighted by Gasteiger charge is -2.35. The van der Waals surface area contributed by atoms with Crippen molar-refractivity contribution in [3.63, 3.8) is 0 Å². The molecule has 29 heavy (non-hydrogen) atoms. The Balaban J connectivity index is 1.50. The molecule has 1 aliphatic rings. The third-order valence-electron chi connectivity index (χ3n) is 5.25. The van der Waals surface area contributed by atoms with Crippen LogP contribution in [0.1, 0.15) is 35.6 Å². The quantitative estimate of drug-likeness (QED) is 0.402. The number of carbonyl (C=O) groups is 1. The summed E-state index contributed by atoms with van der Waals surface area (Å²) in [6.45, 7) is 9.24. The van der Waals surface area contributed by atoms with E-state index < -0.39 is 0 Å². The average molecular weight is 429 g/mol. The van der Waals surface area contributed by atoms with Crippen molar-refractivity contribution in [1.82, 2.24) is 19.7 Å². The third-order valence-corrected chi connectivity index (χ3v) is 7.20. The largest absolute Gasteiger partial charge is 0.469 e. The van der Waals surface area contributed by atoms with Crippen LogP contribution in [-0.4, -0.2) is 37.9 Å². The van der Waals surface area contributed by atoms with Gasteiger partial charge in [0.25, 0.3) is 0 Å². The molecule has 0 aromatic carbocycles. The maximum absolute atomic E-state index is 13.0. The molecule has 0 fully saturated rings. The number of carbonyl (C=O) groups excluding carboxylic acids is 1. The van der Waals surface area contributed by atoms with Gasteiger partial charge >= 0.3 is 0 Å². The highest BCUT2D eigenvalue weighted by Gasteiger charge is 2.30. The topological polar surface area (TPSA) is 64.2 Å². The molecule has 6 nitrogen and oxygen atoms in total. The maximum atomic E-state index is 13.0. The van der Waals surface area contributed by atoms with Gasteiger partial charge in [-0.05, 0) is 42.8 Å². The summed E-state index contributed by atoms with van der Waals surface area (Å²) in [4.78, 5) is 16.5. The Morgan fingerprint density at radius 2 is 2.31 bits per heavy atom. The number of rotatable bonds is 7. The number of thioether (sulfide) groups is 1. The third kappa shape index (κ3) is 3.79. The van der Waals surface area contributed by atoms with E-state index in [-0.39, 0.29) is 11.9 Å². The first kappa shape index (κ1) is 20.0. The number of allylic oxidation sites excluding steroid dienone is 1. The Bertz CT molecular complexity index is 1020. The van der Waals surface area contributed by atoms with Crippen molar-refractivity contribution in [2.24, 2.45) is 0 Å². The second-order valence-corrected chi connectivity index (χ2v) is 8.89. The second kappa shape index (κ2) is 8.59. The van der Waals surface area contributed by atoms with Gasteiger partial charge in [-0.15, -0.1) is 28.1 Å². The number of hydrogen-bond acceptors (Lipinski definition) is 6. The van der Waals surface area contributed by atoms with Gasteiger partial charge in [-0.2, -0.15) is 0 Å². The van der Waals surface area contributed by atoms with E-state index in [2.05, 4.69) is 35.1 Å². The highest BCUT2D eigenvalue weighted by Crippen LogP contribution is 2.36. The zero-order chi connectivity index (χ0) is 20.4. The van der Waals surface area contributed by atoms with E-state index in [0.717, 1.165) is 41.7 Å². The number of aryl methyl sites for hydroxylation is 1. The number of thiophene rings is 1. The Morgan fingerprint density at radius 1 is 1.45 bits per heavy atom. The lowest BCUT2D eigenvalue weighted by atomic mass is 9.98. The summed E-state index contributed by atoms with van der Waals surface area (Å²) >= 11 is 3.23. The van der Waals surface area contributed by atoms with E-state index in [4.69, 9.17) is 4.42 Å². The number of aromatic nitrogens is 3. The van der Waals surface area contributed by atoms with E-state index in [1.165, 1.54) is 22.2 Å². The minimum absolute atomic E-state index is 0.146. The summed E-state index contributed by atoms with van der Waals surface area (Å²) < 4.78 is 7.39. The van der Waals surface area contributed by atoms with Crippen LogP contribution < -0.4 is 0 Å². The van der Waals surface area contributed by atoms with Crippen LogP contribution in [0.2, 0.25) is 0 Å². The van der Waals surface area contributed by atoms with Gasteiger partial charge in [-0.25, -0.2) is 0 Å². The van der Waals surface area contributed by atoms with Gasteiger partial charge in [0.1, 0.15) is 5.76 Å². The van der Waals surface area contributed by atoms with Crippen LogP contribution in [0, 0.1) is 6.92 Å². The molecule has 0 N–H and O–H groups in total. The molecule has 3 aromatic heterocycles. The Kier molecular flexibility index (Phi) is 5.91. The van der Waals surface area contributed by atoms with Crippen molar-refractivity contribution in [3.05, 3.63) is 52.6 Å². The molecular formula is C21H24N4O2S2. The molecule has 4 heterocycles. The van der Waals surface area contributed by atoms with Crippen molar-refractivity contribution in [2.45, 2.75) is 44.4 Å². The van der Waals surface area contributed by atoms with Crippen molar-refractivity contribution in [1.29, 1.82) is 0 Å². The lowest BCUT2D eigenvalue weighted by Crippen LogP contribution is -2.40. The molecule has 1 aliphatic heterocycles. The summed E-state index contributed by atoms with van der Waals surface area (Å²) in [7, 11) is 0. The van der Waals surface area contributed by atoms with E-state index >= 15 is 0 Å². The normalized spacial score (nSPS) is 16.1. The van der Waals surface area contributed by atoms with Crippen molar-refractivity contribution >= 4 is 29.0 Å². The first-order valence-corrected chi connectivity index (χ1v) is 11.6. The fourth-order valence-electron chi connectivity index (χ4n) is 3.85. The summed E-state index contributed by atoms with van der Waals surface area (Å²) in [5.74, 6) is 2.02. The van der Waals surface area contributed by atoms with Crippen LogP contribution in [0.4, 0.5) is 0 Å². The maximum Gasteiger partial charge on any atom is 0.233 e. The van der Waals surface area contributed by atoms with Crippen LogP contribution >= 0.6 is 23.1 Å². The zero-order valence-corrected chi connectivity index (χ0v) is 18.3. The SMILES string of the molecule is C=CCn1c(SCC(=O)N2CCc3sccc3C2CC)nnc1-c1ccoc1C. The van der Waals surface area contributed by atoms with Gasteiger partial charge in [0, 0.05) is 18.0 Å². The van der Waals surface area contributed by atoms with E-state index in [0.29, 0.717) is 12.3 Å². The molecule has 0 bridgehead atoms. The molecule has 8 heteroatoms. The first-order valence-electron chi connectivity index (χ1n) is 9.71. The van der Waals surface area contributed by atoms with Crippen molar-refractivity contribution in [3.8, 4) is 11.4 Å². The van der Waals surface area contributed by atoms with Gasteiger partial charge in [-0.1, -0.05) is 24.8 Å². The molecule has 1 atom stereocenters. The fourth-order valence-corrected chi connectivity index (χ4v) is 5.61. The standard InChI is InChI=1S/C21H24N4O2S2/c1-4-9-25-20(15-7-11-27-14(15)3)22-23-21(25)29-13-19(26)24-10-6-18-16(8-12-28-18)17(24)5-2/h4,7-8,11-12,17H,1,5-6,9-10,13H2,2-3H3. The molecule has 0 spiro atoms. The molecule has 0 saturated heterocycles. The number of nitrogens with zero attached hydrogens (tertiary/aromatic N) is 4. The van der Waals surface area contributed by atoms with Crippen molar-refractivity contribution in [2.75, 3.05) is 12.3 Å². The Labute approximate surface area is 178 Å². The molecule has 0 radical (unpaired) electrons. The average Bonchev–Trinajstić information content (AvgIpc) is 3.45. The van der Waals surface area contributed by atoms with Gasteiger partial charge in [0.2, 0.25) is 5.91 Å². The predicted molar refractivity (Wildman–Crippen MR) is 116 cm³/mol. The van der Waals surface area contributed by atoms with Gasteiger partial charge < -0.3 is 9.32 Å². The number of amides is 1. The van der Waals surface area contributed by atoms with Crippen LogP contribution in [-0.2, 0) is 17.8 Å². The zero-order valence-electron chi connectivity index (χ0n) is 16.6. The summed E-state index contributed by atoms with van der Waals surface area (Å²) in [6, 6.07) is 4.23. The minimum Gasteiger partial charge on any atom is -0.469 e. The highest BCUT2D eigenvalue weighted by molar-refractivity contribution is 7.99. The first-order chi connectivity index (χ1) is 14.1. The molecule has 3 aromatic rings. The highest BCUT2D eigenvalue weighted by atomic mass is 32.2. The summed E-state index contributed by atoms with van der Waals surface area (Å²) in [5, 5.41) is 11.5. The molecule has 0 saturated carbocycles. The predicted octanol–water partition coefficient (Wildman–Crippen LogP) is 4.72. The van der Waals surface area contributed by atoms with E-state index in [1.54, 1.807) is 17.6 Å². The van der Waals surface area contributed by atoms with Crippen LogP contribution in [0.25, 0.3) is 11.4 Å². The number of hydrogen-bond donors (Lipinski definition) is 0. The van der Waals surface area contributed by atoms with Crippen LogP contribution in [0.5, 0.6) is 0 Å². The Hall–Kier alpha value is -2.32. The van der Waals surface area contributed by atoms with Crippen molar-refractivity contribution < 1.29 is 9.21 Å². The monoisotopic (exact) mass is 428 g/mol. The second-order valence-electron chi connectivity index (χ2n) is 6.94. The van der Waals surface area contributed by atoms with Crippen LogP contribution in [0.3, 0.4) is 0 Å². The molecule has 0 aliphatic carbocycles. The molecular weight excluding hydrogens is 404 g/mol. The molecule has 1 unspecified atom stereocenters. The van der Waals surface area contributed by atoms with Gasteiger partial charge in [-0.3, -0.25) is 9.36 Å². The van der Waals surface area contributed by atoms with Gasteiger partial charge in [0.15, 0.2) is 11.0 Å². The smallest absolute Gasteiger partial charge is 0.233 e. The lowest BCUT2D eigenvalue weighted by molar-refractivity contribution is -0.131. The molecule has 152 valence electrons. The molecule has 1 amide bonds. The van der Waals surface area contributed by atoms with E-state index in [9.17, 15) is 4.79 Å². The molecule has 4 rings (SSSR count).